The van der Waals surface area contributed by atoms with E-state index in [4.69, 9.17) is 11.6 Å². The first-order valence-corrected chi connectivity index (χ1v) is 6.60. The molecule has 1 heterocycles. The van der Waals surface area contributed by atoms with Crippen LogP contribution in [0.3, 0.4) is 0 Å². The molecule has 0 bridgehead atoms. The second-order valence-electron chi connectivity index (χ2n) is 3.28. The molecule has 0 saturated carbocycles. The third kappa shape index (κ3) is 4.86. The molecule has 0 fully saturated rings. The molecule has 1 rings (SSSR count). The van der Waals surface area contributed by atoms with E-state index in [0.717, 1.165) is 19.4 Å². The van der Waals surface area contributed by atoms with Crippen molar-refractivity contribution in [3.63, 3.8) is 0 Å². The molecule has 0 aliphatic heterocycles. The van der Waals surface area contributed by atoms with Crippen molar-refractivity contribution in [1.29, 1.82) is 0 Å². The first kappa shape index (κ1) is 13.3. The Morgan fingerprint density at radius 3 is 3.12 bits per heavy atom. The van der Waals surface area contributed by atoms with Crippen LogP contribution in [-0.4, -0.2) is 23.2 Å². The zero-order valence-electron chi connectivity index (χ0n) is 9.20. The molecule has 1 amide bonds. The average Bonchev–Trinajstić information content (AvgIpc) is 2.28. The molecule has 0 aliphatic carbocycles. The van der Waals surface area contributed by atoms with Crippen molar-refractivity contribution in [2.75, 3.05) is 12.3 Å². The van der Waals surface area contributed by atoms with Crippen LogP contribution in [0.5, 0.6) is 0 Å². The second kappa shape index (κ2) is 7.52. The van der Waals surface area contributed by atoms with Gasteiger partial charge in [0.15, 0.2) is 0 Å². The zero-order chi connectivity index (χ0) is 11.8. The standard InChI is InChI=1S/C11H15ClN2OS/c1-2-3-6-13-10(15)8-16-11-9(12)5-4-7-14-11/h4-5,7H,2-3,6,8H2,1H3,(H,13,15). The van der Waals surface area contributed by atoms with E-state index in [9.17, 15) is 4.79 Å². The minimum Gasteiger partial charge on any atom is -0.355 e. The predicted octanol–water partition coefficient (Wildman–Crippen LogP) is 2.74. The average molecular weight is 259 g/mol. The van der Waals surface area contributed by atoms with Crippen molar-refractivity contribution >= 4 is 29.3 Å². The third-order valence-corrected chi connectivity index (χ3v) is 3.34. The van der Waals surface area contributed by atoms with Gasteiger partial charge < -0.3 is 5.32 Å². The lowest BCUT2D eigenvalue weighted by Crippen LogP contribution is -2.26. The summed E-state index contributed by atoms with van der Waals surface area (Å²) in [6.07, 6.45) is 3.77. The van der Waals surface area contributed by atoms with Crippen molar-refractivity contribution in [1.82, 2.24) is 10.3 Å². The Labute approximate surface area is 105 Å². The van der Waals surface area contributed by atoms with Crippen LogP contribution in [0.2, 0.25) is 5.02 Å². The summed E-state index contributed by atoms with van der Waals surface area (Å²) in [6, 6.07) is 3.54. The van der Waals surface area contributed by atoms with Gasteiger partial charge in [0.05, 0.1) is 10.8 Å². The maximum atomic E-state index is 11.4. The van der Waals surface area contributed by atoms with E-state index < -0.39 is 0 Å². The predicted molar refractivity (Wildman–Crippen MR) is 67.9 cm³/mol. The number of hydrogen-bond acceptors (Lipinski definition) is 3. The van der Waals surface area contributed by atoms with Gasteiger partial charge >= 0.3 is 0 Å². The maximum Gasteiger partial charge on any atom is 0.230 e. The summed E-state index contributed by atoms with van der Waals surface area (Å²) in [6.45, 7) is 2.83. The number of hydrogen-bond donors (Lipinski definition) is 1. The van der Waals surface area contributed by atoms with E-state index in [0.29, 0.717) is 15.8 Å². The van der Waals surface area contributed by atoms with Gasteiger partial charge in [0.1, 0.15) is 5.03 Å². The van der Waals surface area contributed by atoms with Gasteiger partial charge in [0.25, 0.3) is 0 Å². The first-order chi connectivity index (χ1) is 7.74. The van der Waals surface area contributed by atoms with Crippen LogP contribution in [-0.2, 0) is 4.79 Å². The summed E-state index contributed by atoms with van der Waals surface area (Å²) in [5.41, 5.74) is 0. The van der Waals surface area contributed by atoms with Gasteiger partial charge in [-0.15, -0.1) is 0 Å². The fraction of sp³-hybridized carbons (Fsp3) is 0.455. The highest BCUT2D eigenvalue weighted by atomic mass is 35.5. The Bertz CT molecular complexity index is 347. The zero-order valence-corrected chi connectivity index (χ0v) is 10.8. The van der Waals surface area contributed by atoms with Crippen LogP contribution in [0.4, 0.5) is 0 Å². The van der Waals surface area contributed by atoms with Crippen LogP contribution in [0.25, 0.3) is 0 Å². The number of pyridine rings is 1. The number of halogens is 1. The summed E-state index contributed by atoms with van der Waals surface area (Å²) >= 11 is 7.28. The quantitative estimate of drug-likeness (QED) is 0.630. The summed E-state index contributed by atoms with van der Waals surface area (Å²) in [4.78, 5) is 15.5. The van der Waals surface area contributed by atoms with Crippen LogP contribution >= 0.6 is 23.4 Å². The lowest BCUT2D eigenvalue weighted by Gasteiger charge is -2.04. The summed E-state index contributed by atoms with van der Waals surface area (Å²) < 4.78 is 0. The Morgan fingerprint density at radius 1 is 1.62 bits per heavy atom. The van der Waals surface area contributed by atoms with Crippen LogP contribution in [0.1, 0.15) is 19.8 Å². The van der Waals surface area contributed by atoms with Crippen molar-refractivity contribution in [2.24, 2.45) is 0 Å². The topological polar surface area (TPSA) is 42.0 Å². The van der Waals surface area contributed by atoms with E-state index in [1.54, 1.807) is 18.3 Å². The van der Waals surface area contributed by atoms with E-state index in [-0.39, 0.29) is 5.91 Å². The molecule has 0 unspecified atom stereocenters. The van der Waals surface area contributed by atoms with Crippen LogP contribution in [0, 0.1) is 0 Å². The number of aromatic nitrogens is 1. The van der Waals surface area contributed by atoms with Gasteiger partial charge in [-0.05, 0) is 18.6 Å². The molecule has 1 N–H and O–H groups in total. The number of carbonyl (C=O) groups excluding carboxylic acids is 1. The van der Waals surface area contributed by atoms with Gasteiger partial charge in [-0.3, -0.25) is 4.79 Å². The molecule has 88 valence electrons. The van der Waals surface area contributed by atoms with Gasteiger partial charge in [-0.1, -0.05) is 36.7 Å². The molecular weight excluding hydrogens is 244 g/mol. The number of amides is 1. The van der Waals surface area contributed by atoms with E-state index >= 15 is 0 Å². The van der Waals surface area contributed by atoms with Gasteiger partial charge in [0.2, 0.25) is 5.91 Å². The van der Waals surface area contributed by atoms with Crippen LogP contribution < -0.4 is 5.32 Å². The van der Waals surface area contributed by atoms with Crippen molar-refractivity contribution in [3.8, 4) is 0 Å². The number of carbonyl (C=O) groups is 1. The lowest BCUT2D eigenvalue weighted by molar-refractivity contribution is -0.118. The fourth-order valence-electron chi connectivity index (χ4n) is 1.07. The summed E-state index contributed by atoms with van der Waals surface area (Å²) in [7, 11) is 0. The molecule has 1 aromatic heterocycles. The molecule has 0 radical (unpaired) electrons. The number of rotatable bonds is 6. The molecular formula is C11H15ClN2OS. The Hall–Kier alpha value is -0.740. The minimum atomic E-state index is 0.0279. The number of unbranched alkanes of at least 4 members (excludes halogenated alkanes) is 1. The first-order valence-electron chi connectivity index (χ1n) is 5.24. The molecule has 0 saturated heterocycles. The van der Waals surface area contributed by atoms with Crippen molar-refractivity contribution < 1.29 is 4.79 Å². The van der Waals surface area contributed by atoms with Gasteiger partial charge in [0, 0.05) is 12.7 Å². The van der Waals surface area contributed by atoms with Crippen molar-refractivity contribution in [3.05, 3.63) is 23.4 Å². The lowest BCUT2D eigenvalue weighted by atomic mass is 10.3. The molecule has 1 aromatic rings. The van der Waals surface area contributed by atoms with Crippen LogP contribution in [0.15, 0.2) is 23.4 Å². The smallest absolute Gasteiger partial charge is 0.230 e. The largest absolute Gasteiger partial charge is 0.355 e. The van der Waals surface area contributed by atoms with Gasteiger partial charge in [-0.2, -0.15) is 0 Å². The number of nitrogens with one attached hydrogen (secondary N) is 1. The summed E-state index contributed by atoms with van der Waals surface area (Å²) in [5, 5.41) is 4.14. The molecule has 16 heavy (non-hydrogen) atoms. The highest BCUT2D eigenvalue weighted by Gasteiger charge is 2.05. The van der Waals surface area contributed by atoms with E-state index in [1.807, 2.05) is 0 Å². The molecule has 0 aliphatic rings. The molecule has 5 heteroatoms. The van der Waals surface area contributed by atoms with E-state index in [1.165, 1.54) is 11.8 Å². The molecule has 0 aromatic carbocycles. The Morgan fingerprint density at radius 2 is 2.44 bits per heavy atom. The summed E-state index contributed by atoms with van der Waals surface area (Å²) in [5.74, 6) is 0.389. The highest BCUT2D eigenvalue weighted by Crippen LogP contribution is 2.23. The Balaban J connectivity index is 2.29. The normalized spacial score (nSPS) is 10.1. The third-order valence-electron chi connectivity index (χ3n) is 1.92. The molecule has 0 spiro atoms. The van der Waals surface area contributed by atoms with E-state index in [2.05, 4.69) is 17.2 Å². The number of thioether (sulfide) groups is 1. The maximum absolute atomic E-state index is 11.4. The second-order valence-corrected chi connectivity index (χ2v) is 4.65. The molecule has 0 atom stereocenters. The SMILES string of the molecule is CCCCNC(=O)CSc1ncccc1Cl. The van der Waals surface area contributed by atoms with Gasteiger partial charge in [-0.25, -0.2) is 4.98 Å². The number of nitrogens with zero attached hydrogens (tertiary/aromatic N) is 1. The van der Waals surface area contributed by atoms with Crippen molar-refractivity contribution in [2.45, 2.75) is 24.8 Å². The highest BCUT2D eigenvalue weighted by molar-refractivity contribution is 8.00. The monoisotopic (exact) mass is 258 g/mol. The minimum absolute atomic E-state index is 0.0279. The molecule has 3 nitrogen and oxygen atoms in total. The Kier molecular flexibility index (Phi) is 6.26. The fourth-order valence-corrected chi connectivity index (χ4v) is 2.06.